The topological polar surface area (TPSA) is 35.5 Å². The number of aryl methyl sites for hydroxylation is 1. The fourth-order valence-electron chi connectivity index (χ4n) is 1.78. The molecule has 2 rings (SSSR count). The normalized spacial score (nSPS) is 13.3. The summed E-state index contributed by atoms with van der Waals surface area (Å²) >= 11 is 6.07. The second-order valence-corrected chi connectivity index (χ2v) is 3.83. The van der Waals surface area contributed by atoms with Crippen molar-refractivity contribution < 1.29 is 14.3 Å². The Hall–Kier alpha value is -1.22. The maximum Gasteiger partial charge on any atom is 0.339 e. The van der Waals surface area contributed by atoms with E-state index in [4.69, 9.17) is 16.3 Å². The summed E-state index contributed by atoms with van der Waals surface area (Å²) in [5.41, 5.74) is 2.48. The van der Waals surface area contributed by atoms with E-state index in [1.54, 1.807) is 6.07 Å². The summed E-state index contributed by atoms with van der Waals surface area (Å²) in [6.07, 6.45) is 0.850. The molecule has 0 saturated carbocycles. The average Bonchev–Trinajstić information content (AvgIpc) is 2.71. The van der Waals surface area contributed by atoms with Crippen LogP contribution >= 0.6 is 11.6 Å². The standard InChI is InChI=1S/C11H11ClO3/c1-6-5-8(11(13)14-2)9(12)10-7(6)3-4-15-10/h5H,3-4H2,1-2H3. The predicted octanol–water partition coefficient (Wildman–Crippen LogP) is 2.37. The van der Waals surface area contributed by atoms with Crippen LogP contribution in [0.1, 0.15) is 21.5 Å². The lowest BCUT2D eigenvalue weighted by Gasteiger charge is -2.09. The minimum atomic E-state index is -0.429. The number of fused-ring (bicyclic) bond motifs is 1. The predicted molar refractivity (Wildman–Crippen MR) is 56.7 cm³/mol. The van der Waals surface area contributed by atoms with Crippen molar-refractivity contribution in [3.05, 3.63) is 27.8 Å². The number of rotatable bonds is 1. The Bertz CT molecular complexity index is 426. The molecule has 0 saturated heterocycles. The summed E-state index contributed by atoms with van der Waals surface area (Å²) in [5.74, 6) is 0.207. The van der Waals surface area contributed by atoms with Crippen molar-refractivity contribution in [3.8, 4) is 5.75 Å². The van der Waals surface area contributed by atoms with Crippen molar-refractivity contribution in [2.24, 2.45) is 0 Å². The number of hydrogen-bond acceptors (Lipinski definition) is 3. The van der Waals surface area contributed by atoms with Gasteiger partial charge in [-0.15, -0.1) is 0 Å². The summed E-state index contributed by atoms with van der Waals surface area (Å²) in [5, 5.41) is 0.361. The highest BCUT2D eigenvalue weighted by Gasteiger charge is 2.24. The van der Waals surface area contributed by atoms with Gasteiger partial charge in [0.05, 0.1) is 24.3 Å². The maximum absolute atomic E-state index is 11.4. The molecule has 1 aliphatic heterocycles. The monoisotopic (exact) mass is 226 g/mol. The molecule has 0 atom stereocenters. The lowest BCUT2D eigenvalue weighted by atomic mass is 10.0. The van der Waals surface area contributed by atoms with Gasteiger partial charge in [-0.3, -0.25) is 0 Å². The lowest BCUT2D eigenvalue weighted by Crippen LogP contribution is -2.04. The molecule has 15 heavy (non-hydrogen) atoms. The van der Waals surface area contributed by atoms with E-state index in [0.717, 1.165) is 17.5 Å². The molecular weight excluding hydrogens is 216 g/mol. The summed E-state index contributed by atoms with van der Waals surface area (Å²) in [7, 11) is 1.34. The summed E-state index contributed by atoms with van der Waals surface area (Å²) in [4.78, 5) is 11.4. The van der Waals surface area contributed by atoms with E-state index in [0.29, 0.717) is 22.9 Å². The van der Waals surface area contributed by atoms with Crippen molar-refractivity contribution >= 4 is 17.6 Å². The number of methoxy groups -OCH3 is 1. The van der Waals surface area contributed by atoms with Crippen LogP contribution < -0.4 is 4.74 Å². The van der Waals surface area contributed by atoms with Crippen LogP contribution in [0.25, 0.3) is 0 Å². The van der Waals surface area contributed by atoms with E-state index in [1.165, 1.54) is 7.11 Å². The first-order valence-corrected chi connectivity index (χ1v) is 5.06. The van der Waals surface area contributed by atoms with Crippen LogP contribution in [0.2, 0.25) is 5.02 Å². The molecule has 3 nitrogen and oxygen atoms in total. The lowest BCUT2D eigenvalue weighted by molar-refractivity contribution is 0.0600. The zero-order valence-corrected chi connectivity index (χ0v) is 9.35. The molecule has 1 heterocycles. The van der Waals surface area contributed by atoms with Gasteiger partial charge in [-0.25, -0.2) is 4.79 Å². The number of benzene rings is 1. The van der Waals surface area contributed by atoms with Crippen LogP contribution in [0.5, 0.6) is 5.75 Å². The molecule has 0 aliphatic carbocycles. The van der Waals surface area contributed by atoms with Crippen molar-refractivity contribution in [1.82, 2.24) is 0 Å². The van der Waals surface area contributed by atoms with Crippen molar-refractivity contribution in [3.63, 3.8) is 0 Å². The summed E-state index contributed by atoms with van der Waals surface area (Å²) in [6, 6.07) is 1.75. The smallest absolute Gasteiger partial charge is 0.339 e. The molecule has 0 unspecified atom stereocenters. The molecule has 80 valence electrons. The Balaban J connectivity index is 2.59. The van der Waals surface area contributed by atoms with E-state index in [9.17, 15) is 4.79 Å². The average molecular weight is 227 g/mol. The first kappa shape index (κ1) is 10.3. The SMILES string of the molecule is COC(=O)c1cc(C)c2c(c1Cl)OCC2. The molecule has 1 aromatic rings. The van der Waals surface area contributed by atoms with Gasteiger partial charge in [0.2, 0.25) is 0 Å². The Kier molecular flexibility index (Phi) is 2.57. The summed E-state index contributed by atoms with van der Waals surface area (Å²) in [6.45, 7) is 2.57. The molecule has 1 aliphatic rings. The number of ether oxygens (including phenoxy) is 2. The van der Waals surface area contributed by atoms with Crippen LogP contribution in [0.15, 0.2) is 6.07 Å². The Labute approximate surface area is 92.9 Å². The minimum absolute atomic E-state index is 0.361. The molecule has 0 amide bonds. The van der Waals surface area contributed by atoms with Crippen molar-refractivity contribution in [2.45, 2.75) is 13.3 Å². The Morgan fingerprint density at radius 3 is 3.00 bits per heavy atom. The molecule has 4 heteroatoms. The first-order valence-electron chi connectivity index (χ1n) is 4.68. The number of esters is 1. The van der Waals surface area contributed by atoms with E-state index in [1.807, 2.05) is 6.92 Å². The molecule has 0 N–H and O–H groups in total. The van der Waals surface area contributed by atoms with E-state index in [2.05, 4.69) is 4.74 Å². The number of carbonyl (C=O) groups is 1. The Morgan fingerprint density at radius 1 is 1.60 bits per heavy atom. The molecule has 1 aromatic carbocycles. The molecular formula is C11H11ClO3. The van der Waals surface area contributed by atoms with Crippen LogP contribution in [-0.2, 0) is 11.2 Å². The molecule has 0 spiro atoms. The van der Waals surface area contributed by atoms with Crippen molar-refractivity contribution in [1.29, 1.82) is 0 Å². The summed E-state index contributed by atoms with van der Waals surface area (Å²) < 4.78 is 10.1. The van der Waals surface area contributed by atoms with Gasteiger partial charge < -0.3 is 9.47 Å². The highest BCUT2D eigenvalue weighted by molar-refractivity contribution is 6.35. The largest absolute Gasteiger partial charge is 0.491 e. The third-order valence-electron chi connectivity index (χ3n) is 2.55. The van der Waals surface area contributed by atoms with Crippen LogP contribution in [0.3, 0.4) is 0 Å². The van der Waals surface area contributed by atoms with Crippen molar-refractivity contribution in [2.75, 3.05) is 13.7 Å². The zero-order chi connectivity index (χ0) is 11.0. The number of hydrogen-bond donors (Lipinski definition) is 0. The van der Waals surface area contributed by atoms with Crippen LogP contribution in [-0.4, -0.2) is 19.7 Å². The maximum atomic E-state index is 11.4. The van der Waals surface area contributed by atoms with Gasteiger partial charge in [-0.1, -0.05) is 11.6 Å². The highest BCUT2D eigenvalue weighted by atomic mass is 35.5. The van der Waals surface area contributed by atoms with Gasteiger partial charge in [0.15, 0.2) is 0 Å². The van der Waals surface area contributed by atoms with E-state index in [-0.39, 0.29) is 0 Å². The van der Waals surface area contributed by atoms with Crippen LogP contribution in [0, 0.1) is 6.92 Å². The van der Waals surface area contributed by atoms with Gasteiger partial charge in [-0.05, 0) is 18.6 Å². The zero-order valence-electron chi connectivity index (χ0n) is 8.59. The van der Waals surface area contributed by atoms with Gasteiger partial charge >= 0.3 is 5.97 Å². The van der Waals surface area contributed by atoms with Gasteiger partial charge in [0.1, 0.15) is 5.75 Å². The van der Waals surface area contributed by atoms with Crippen LogP contribution in [0.4, 0.5) is 0 Å². The third-order valence-corrected chi connectivity index (χ3v) is 2.93. The molecule has 0 radical (unpaired) electrons. The minimum Gasteiger partial charge on any atom is -0.491 e. The third kappa shape index (κ3) is 1.57. The molecule has 0 aromatic heterocycles. The fraction of sp³-hybridized carbons (Fsp3) is 0.364. The second kappa shape index (κ2) is 3.74. The quantitative estimate of drug-likeness (QED) is 0.690. The van der Waals surface area contributed by atoms with E-state index < -0.39 is 5.97 Å². The number of halogens is 1. The van der Waals surface area contributed by atoms with E-state index >= 15 is 0 Å². The van der Waals surface area contributed by atoms with Gasteiger partial charge in [-0.2, -0.15) is 0 Å². The molecule has 0 bridgehead atoms. The second-order valence-electron chi connectivity index (χ2n) is 3.45. The molecule has 0 fully saturated rings. The van der Waals surface area contributed by atoms with Gasteiger partial charge in [0.25, 0.3) is 0 Å². The first-order chi connectivity index (χ1) is 7.15. The van der Waals surface area contributed by atoms with Gasteiger partial charge in [0, 0.05) is 12.0 Å². The highest BCUT2D eigenvalue weighted by Crippen LogP contribution is 2.38. The Morgan fingerprint density at radius 2 is 2.33 bits per heavy atom. The number of carbonyl (C=O) groups excluding carboxylic acids is 1. The fourth-order valence-corrected chi connectivity index (χ4v) is 2.08.